The van der Waals surface area contributed by atoms with Crippen LogP contribution in [0.1, 0.15) is 5.82 Å². The Morgan fingerprint density at radius 1 is 0.452 bits per heavy atom. The van der Waals surface area contributed by atoms with Gasteiger partial charge < -0.3 is 0 Å². The molecule has 5 aromatic rings. The van der Waals surface area contributed by atoms with E-state index in [1.54, 1.807) is 6.20 Å². The van der Waals surface area contributed by atoms with Crippen molar-refractivity contribution in [3.05, 3.63) is 109 Å². The van der Waals surface area contributed by atoms with Crippen molar-refractivity contribution in [1.82, 2.24) is 19.9 Å². The minimum Gasteiger partial charge on any atom is -0.264 e. The molecule has 148 valence electrons. The molecular formula is C27H20N4. The normalized spacial score (nSPS) is 10.7. The summed E-state index contributed by atoms with van der Waals surface area (Å²) in [5, 5.41) is 0. The summed E-state index contributed by atoms with van der Waals surface area (Å²) >= 11 is 0. The van der Waals surface area contributed by atoms with Gasteiger partial charge >= 0.3 is 0 Å². The predicted molar refractivity (Wildman–Crippen MR) is 124 cm³/mol. The van der Waals surface area contributed by atoms with Gasteiger partial charge in [0.15, 0.2) is 11.6 Å². The summed E-state index contributed by atoms with van der Waals surface area (Å²) in [5.41, 5.74) is 6.48. The lowest BCUT2D eigenvalue weighted by Crippen LogP contribution is -1.99. The van der Waals surface area contributed by atoms with E-state index >= 15 is 0 Å². The molecule has 0 spiro atoms. The van der Waals surface area contributed by atoms with Gasteiger partial charge in [-0.3, -0.25) is 4.98 Å². The summed E-state index contributed by atoms with van der Waals surface area (Å²) in [6.45, 7) is 1.90. The fourth-order valence-electron chi connectivity index (χ4n) is 3.53. The van der Waals surface area contributed by atoms with Crippen molar-refractivity contribution in [2.24, 2.45) is 0 Å². The van der Waals surface area contributed by atoms with Crippen LogP contribution in [0.4, 0.5) is 0 Å². The Morgan fingerprint density at radius 3 is 1.48 bits per heavy atom. The maximum absolute atomic E-state index is 4.74. The van der Waals surface area contributed by atoms with E-state index in [1.165, 1.54) is 11.1 Å². The highest BCUT2D eigenvalue weighted by atomic mass is 15.0. The number of pyridine rings is 1. The third-order valence-electron chi connectivity index (χ3n) is 5.14. The van der Waals surface area contributed by atoms with Gasteiger partial charge in [0, 0.05) is 23.5 Å². The van der Waals surface area contributed by atoms with E-state index in [-0.39, 0.29) is 0 Å². The number of hydrogen-bond donors (Lipinski definition) is 0. The maximum atomic E-state index is 4.74. The second kappa shape index (κ2) is 8.28. The molecule has 0 saturated heterocycles. The molecule has 0 aliphatic rings. The molecule has 0 bridgehead atoms. The van der Waals surface area contributed by atoms with Gasteiger partial charge in [0.1, 0.15) is 5.82 Å². The van der Waals surface area contributed by atoms with Crippen LogP contribution in [-0.2, 0) is 0 Å². The van der Waals surface area contributed by atoms with E-state index in [2.05, 4.69) is 63.5 Å². The van der Waals surface area contributed by atoms with E-state index < -0.39 is 0 Å². The van der Waals surface area contributed by atoms with Crippen LogP contribution in [0, 0.1) is 6.92 Å². The second-order valence-corrected chi connectivity index (χ2v) is 7.29. The lowest BCUT2D eigenvalue weighted by atomic mass is 10.0. The van der Waals surface area contributed by atoms with Crippen LogP contribution in [0.5, 0.6) is 0 Å². The molecule has 3 aromatic carbocycles. The van der Waals surface area contributed by atoms with Gasteiger partial charge in [-0.05, 0) is 35.2 Å². The quantitative estimate of drug-likeness (QED) is 0.358. The van der Waals surface area contributed by atoms with Crippen LogP contribution < -0.4 is 0 Å². The summed E-state index contributed by atoms with van der Waals surface area (Å²) in [5.74, 6) is 2.05. The molecule has 5 rings (SSSR count). The molecule has 0 saturated carbocycles. The molecule has 0 aliphatic carbocycles. The SMILES string of the molecule is Cc1nc(-c2ccc(-c3ccccc3)cc2)nc(-c2ccc(-c3cccnc3)cc2)n1. The van der Waals surface area contributed by atoms with Gasteiger partial charge in [-0.1, -0.05) is 84.9 Å². The Bertz CT molecular complexity index is 1200. The van der Waals surface area contributed by atoms with Gasteiger partial charge in [-0.15, -0.1) is 0 Å². The number of rotatable bonds is 4. The van der Waals surface area contributed by atoms with Crippen molar-refractivity contribution in [2.75, 3.05) is 0 Å². The fourth-order valence-corrected chi connectivity index (χ4v) is 3.53. The van der Waals surface area contributed by atoms with Gasteiger partial charge in [0.05, 0.1) is 0 Å². The minimum absolute atomic E-state index is 0.673. The highest BCUT2D eigenvalue weighted by Gasteiger charge is 2.09. The van der Waals surface area contributed by atoms with Crippen molar-refractivity contribution >= 4 is 0 Å². The number of benzene rings is 3. The first-order valence-electron chi connectivity index (χ1n) is 10.2. The Hall–Kier alpha value is -4.18. The number of nitrogens with zero attached hydrogens (tertiary/aromatic N) is 4. The van der Waals surface area contributed by atoms with Crippen LogP contribution in [0.15, 0.2) is 103 Å². The summed E-state index contributed by atoms with van der Waals surface area (Å²) in [6, 6.07) is 30.9. The van der Waals surface area contributed by atoms with Gasteiger partial charge in [0.2, 0.25) is 0 Å². The minimum atomic E-state index is 0.673. The van der Waals surface area contributed by atoms with E-state index in [1.807, 2.05) is 55.6 Å². The molecule has 2 heterocycles. The van der Waals surface area contributed by atoms with Crippen LogP contribution in [0.25, 0.3) is 45.0 Å². The second-order valence-electron chi connectivity index (χ2n) is 7.29. The maximum Gasteiger partial charge on any atom is 0.163 e. The summed E-state index contributed by atoms with van der Waals surface area (Å²) in [6.07, 6.45) is 3.64. The molecule has 0 atom stereocenters. The average Bonchev–Trinajstić information content (AvgIpc) is 2.85. The highest BCUT2D eigenvalue weighted by molar-refractivity contribution is 5.70. The zero-order chi connectivity index (χ0) is 21.0. The molecule has 4 nitrogen and oxygen atoms in total. The van der Waals surface area contributed by atoms with Crippen molar-refractivity contribution in [2.45, 2.75) is 6.92 Å². The Labute approximate surface area is 181 Å². The van der Waals surface area contributed by atoms with E-state index in [0.29, 0.717) is 17.5 Å². The van der Waals surface area contributed by atoms with Crippen LogP contribution in [0.2, 0.25) is 0 Å². The predicted octanol–water partition coefficient (Wildman–Crippen LogP) is 6.24. The molecular weight excluding hydrogens is 380 g/mol. The summed E-state index contributed by atoms with van der Waals surface area (Å²) in [4.78, 5) is 18.1. The first-order valence-corrected chi connectivity index (χ1v) is 10.2. The number of aromatic nitrogens is 4. The van der Waals surface area contributed by atoms with Crippen molar-refractivity contribution in [3.63, 3.8) is 0 Å². The van der Waals surface area contributed by atoms with E-state index in [4.69, 9.17) is 4.98 Å². The van der Waals surface area contributed by atoms with E-state index in [0.717, 1.165) is 22.3 Å². The van der Waals surface area contributed by atoms with Crippen molar-refractivity contribution in [3.8, 4) is 45.0 Å². The largest absolute Gasteiger partial charge is 0.264 e. The first kappa shape index (κ1) is 18.8. The van der Waals surface area contributed by atoms with Gasteiger partial charge in [0.25, 0.3) is 0 Å². The topological polar surface area (TPSA) is 51.6 Å². The number of hydrogen-bond acceptors (Lipinski definition) is 4. The molecule has 0 fully saturated rings. The molecule has 0 N–H and O–H groups in total. The summed E-state index contributed by atoms with van der Waals surface area (Å²) in [7, 11) is 0. The first-order chi connectivity index (χ1) is 15.3. The smallest absolute Gasteiger partial charge is 0.163 e. The molecule has 2 aromatic heterocycles. The third kappa shape index (κ3) is 4.09. The lowest BCUT2D eigenvalue weighted by molar-refractivity contribution is 0.992. The van der Waals surface area contributed by atoms with Crippen molar-refractivity contribution in [1.29, 1.82) is 0 Å². The summed E-state index contributed by atoms with van der Waals surface area (Å²) < 4.78 is 0. The Morgan fingerprint density at radius 2 is 0.935 bits per heavy atom. The zero-order valence-electron chi connectivity index (χ0n) is 17.1. The Balaban J connectivity index is 1.45. The standard InChI is InChI=1S/C27H20N4/c1-19-29-26(23-13-9-21(10-14-23)20-6-3-2-4-7-20)31-27(30-19)24-15-11-22(12-16-24)25-8-5-17-28-18-25/h2-18H,1H3. The third-order valence-corrected chi connectivity index (χ3v) is 5.14. The fraction of sp³-hybridized carbons (Fsp3) is 0.0370. The van der Waals surface area contributed by atoms with Crippen LogP contribution in [-0.4, -0.2) is 19.9 Å². The molecule has 0 amide bonds. The highest BCUT2D eigenvalue weighted by Crippen LogP contribution is 2.26. The zero-order valence-corrected chi connectivity index (χ0v) is 17.1. The van der Waals surface area contributed by atoms with Gasteiger partial charge in [-0.25, -0.2) is 15.0 Å². The Kier molecular flexibility index (Phi) is 5.03. The number of aryl methyl sites for hydroxylation is 1. The van der Waals surface area contributed by atoms with Crippen LogP contribution >= 0.6 is 0 Å². The molecule has 31 heavy (non-hydrogen) atoms. The molecule has 4 heteroatoms. The van der Waals surface area contributed by atoms with Crippen LogP contribution in [0.3, 0.4) is 0 Å². The van der Waals surface area contributed by atoms with Gasteiger partial charge in [-0.2, -0.15) is 0 Å². The monoisotopic (exact) mass is 400 g/mol. The average molecular weight is 400 g/mol. The molecule has 0 unspecified atom stereocenters. The van der Waals surface area contributed by atoms with Crippen molar-refractivity contribution < 1.29 is 0 Å². The lowest BCUT2D eigenvalue weighted by Gasteiger charge is -2.08. The molecule has 0 radical (unpaired) electrons. The van der Waals surface area contributed by atoms with E-state index in [9.17, 15) is 0 Å². The molecule has 0 aliphatic heterocycles.